The number of carbonyl (C=O) groups excluding carboxylic acids is 2. The third kappa shape index (κ3) is 6.44. The molecule has 0 aliphatic rings. The standard InChI is InChI=1S/C22H27NO4/c1-15-13-18(26-14-17-9-7-6-8-10-17)11-12-19(15)20(24)16(2)23-21(25)27-22(3,4)5/h6-13,16H,14H2,1-5H3,(H,23,25)/t16-/m0/s1. The average Bonchev–Trinajstić information content (AvgIpc) is 2.58. The summed E-state index contributed by atoms with van der Waals surface area (Å²) < 4.78 is 11.0. The molecule has 0 saturated heterocycles. The molecule has 1 N–H and O–H groups in total. The van der Waals surface area contributed by atoms with Crippen molar-refractivity contribution >= 4 is 11.9 Å². The fourth-order valence-electron chi connectivity index (χ4n) is 2.53. The van der Waals surface area contributed by atoms with Gasteiger partial charge in [0.05, 0.1) is 6.04 Å². The van der Waals surface area contributed by atoms with Crippen LogP contribution < -0.4 is 10.1 Å². The van der Waals surface area contributed by atoms with E-state index < -0.39 is 17.7 Å². The molecular formula is C22H27NO4. The van der Waals surface area contributed by atoms with E-state index in [0.717, 1.165) is 11.1 Å². The summed E-state index contributed by atoms with van der Waals surface area (Å²) >= 11 is 0. The van der Waals surface area contributed by atoms with Gasteiger partial charge in [0.2, 0.25) is 0 Å². The summed E-state index contributed by atoms with van der Waals surface area (Å²) in [6.07, 6.45) is -0.608. The summed E-state index contributed by atoms with van der Waals surface area (Å²) in [5, 5.41) is 2.58. The Morgan fingerprint density at radius 2 is 1.74 bits per heavy atom. The van der Waals surface area contributed by atoms with Gasteiger partial charge in [0.25, 0.3) is 0 Å². The van der Waals surface area contributed by atoms with Crippen molar-refractivity contribution in [2.75, 3.05) is 0 Å². The van der Waals surface area contributed by atoms with Gasteiger partial charge < -0.3 is 14.8 Å². The Balaban J connectivity index is 1.99. The number of aryl methyl sites for hydroxylation is 1. The van der Waals surface area contributed by atoms with Crippen LogP contribution in [-0.2, 0) is 11.3 Å². The highest BCUT2D eigenvalue weighted by molar-refractivity contribution is 6.02. The molecule has 0 unspecified atom stereocenters. The van der Waals surface area contributed by atoms with Crippen LogP contribution in [0.4, 0.5) is 4.79 Å². The molecule has 0 radical (unpaired) electrons. The van der Waals surface area contributed by atoms with Crippen LogP contribution in [0.1, 0.15) is 49.2 Å². The van der Waals surface area contributed by atoms with E-state index in [0.29, 0.717) is 17.9 Å². The Labute approximate surface area is 160 Å². The lowest BCUT2D eigenvalue weighted by Gasteiger charge is -2.22. The summed E-state index contributed by atoms with van der Waals surface area (Å²) in [7, 11) is 0. The van der Waals surface area contributed by atoms with Gasteiger partial charge in [0.1, 0.15) is 18.0 Å². The number of rotatable bonds is 6. The first-order valence-corrected chi connectivity index (χ1v) is 8.97. The van der Waals surface area contributed by atoms with Crippen LogP contribution in [-0.4, -0.2) is 23.5 Å². The summed E-state index contributed by atoms with van der Waals surface area (Å²) in [6.45, 7) is 9.28. The van der Waals surface area contributed by atoms with Gasteiger partial charge in [-0.1, -0.05) is 30.3 Å². The summed E-state index contributed by atoms with van der Waals surface area (Å²) in [6, 6.07) is 14.5. The normalized spacial score (nSPS) is 12.2. The second-order valence-corrected chi connectivity index (χ2v) is 7.48. The van der Waals surface area contributed by atoms with Crippen LogP contribution in [0.2, 0.25) is 0 Å². The lowest BCUT2D eigenvalue weighted by atomic mass is 10.0. The molecule has 2 rings (SSSR count). The molecule has 5 heteroatoms. The fourth-order valence-corrected chi connectivity index (χ4v) is 2.53. The molecule has 0 fully saturated rings. The second-order valence-electron chi connectivity index (χ2n) is 7.48. The number of hydrogen-bond donors (Lipinski definition) is 1. The predicted molar refractivity (Wildman–Crippen MR) is 105 cm³/mol. The predicted octanol–water partition coefficient (Wildman–Crippen LogP) is 4.67. The molecule has 144 valence electrons. The van der Waals surface area contributed by atoms with Crippen LogP contribution in [0.3, 0.4) is 0 Å². The van der Waals surface area contributed by atoms with Crippen molar-refractivity contribution in [2.45, 2.75) is 52.9 Å². The summed E-state index contributed by atoms with van der Waals surface area (Å²) in [5.41, 5.74) is 1.81. The molecule has 27 heavy (non-hydrogen) atoms. The van der Waals surface area contributed by atoms with E-state index in [1.54, 1.807) is 39.8 Å². The van der Waals surface area contributed by atoms with Crippen molar-refractivity contribution in [2.24, 2.45) is 0 Å². The van der Waals surface area contributed by atoms with Crippen molar-refractivity contribution in [1.29, 1.82) is 0 Å². The first kappa shape index (κ1) is 20.5. The van der Waals surface area contributed by atoms with Crippen LogP contribution in [0.15, 0.2) is 48.5 Å². The lowest BCUT2D eigenvalue weighted by Crippen LogP contribution is -2.41. The topological polar surface area (TPSA) is 64.6 Å². The van der Waals surface area contributed by atoms with Crippen LogP contribution >= 0.6 is 0 Å². The number of nitrogens with one attached hydrogen (secondary N) is 1. The minimum atomic E-state index is -0.686. The number of ether oxygens (including phenoxy) is 2. The molecule has 0 heterocycles. The van der Waals surface area contributed by atoms with Crippen molar-refractivity contribution < 1.29 is 19.1 Å². The SMILES string of the molecule is Cc1cc(OCc2ccccc2)ccc1C(=O)[C@H](C)NC(=O)OC(C)(C)C. The highest BCUT2D eigenvalue weighted by atomic mass is 16.6. The van der Waals surface area contributed by atoms with E-state index >= 15 is 0 Å². The van der Waals surface area contributed by atoms with Gasteiger partial charge in [-0.3, -0.25) is 4.79 Å². The highest BCUT2D eigenvalue weighted by Gasteiger charge is 2.22. The van der Waals surface area contributed by atoms with Gasteiger partial charge in [-0.2, -0.15) is 0 Å². The largest absolute Gasteiger partial charge is 0.489 e. The molecular weight excluding hydrogens is 342 g/mol. The number of carbonyl (C=O) groups is 2. The molecule has 1 amide bonds. The minimum absolute atomic E-state index is 0.173. The molecule has 0 aliphatic carbocycles. The van der Waals surface area contributed by atoms with Crippen LogP contribution in [0.5, 0.6) is 5.75 Å². The van der Waals surface area contributed by atoms with Crippen molar-refractivity contribution in [3.05, 3.63) is 65.2 Å². The minimum Gasteiger partial charge on any atom is -0.489 e. The maximum atomic E-state index is 12.6. The maximum Gasteiger partial charge on any atom is 0.408 e. The number of amides is 1. The quantitative estimate of drug-likeness (QED) is 0.752. The zero-order chi connectivity index (χ0) is 20.0. The summed E-state index contributed by atoms with van der Waals surface area (Å²) in [4.78, 5) is 24.5. The Morgan fingerprint density at radius 3 is 2.33 bits per heavy atom. The number of benzene rings is 2. The third-order valence-electron chi connectivity index (χ3n) is 3.84. The Hall–Kier alpha value is -2.82. The van der Waals surface area contributed by atoms with Crippen LogP contribution in [0, 0.1) is 6.92 Å². The smallest absolute Gasteiger partial charge is 0.408 e. The molecule has 0 aromatic heterocycles. The third-order valence-corrected chi connectivity index (χ3v) is 3.84. The van der Waals surface area contributed by atoms with E-state index in [1.165, 1.54) is 0 Å². The number of alkyl carbamates (subject to hydrolysis) is 1. The molecule has 0 saturated carbocycles. The first-order chi connectivity index (χ1) is 12.7. The monoisotopic (exact) mass is 369 g/mol. The van der Waals surface area contributed by atoms with Gasteiger partial charge in [0, 0.05) is 5.56 Å². The zero-order valence-electron chi connectivity index (χ0n) is 16.5. The van der Waals surface area contributed by atoms with Gasteiger partial charge in [-0.25, -0.2) is 4.79 Å². The Kier molecular flexibility index (Phi) is 6.61. The van der Waals surface area contributed by atoms with Gasteiger partial charge in [-0.05, 0) is 63.9 Å². The highest BCUT2D eigenvalue weighted by Crippen LogP contribution is 2.20. The Bertz CT molecular complexity index is 794. The van der Waals surface area contributed by atoms with E-state index in [2.05, 4.69) is 5.32 Å². The van der Waals surface area contributed by atoms with Crippen LogP contribution in [0.25, 0.3) is 0 Å². The number of ketones is 1. The van der Waals surface area contributed by atoms with E-state index in [-0.39, 0.29) is 5.78 Å². The number of Topliss-reactive ketones (excluding diaryl/α,β-unsaturated/α-hetero) is 1. The van der Waals surface area contributed by atoms with Crippen molar-refractivity contribution in [3.63, 3.8) is 0 Å². The van der Waals surface area contributed by atoms with Crippen molar-refractivity contribution in [3.8, 4) is 5.75 Å². The van der Waals surface area contributed by atoms with E-state index in [9.17, 15) is 9.59 Å². The van der Waals surface area contributed by atoms with E-state index in [4.69, 9.17) is 9.47 Å². The summed E-state index contributed by atoms with van der Waals surface area (Å²) in [5.74, 6) is 0.522. The van der Waals surface area contributed by atoms with Gasteiger partial charge in [0.15, 0.2) is 5.78 Å². The fraction of sp³-hybridized carbons (Fsp3) is 0.364. The van der Waals surface area contributed by atoms with Crippen molar-refractivity contribution in [1.82, 2.24) is 5.32 Å². The average molecular weight is 369 g/mol. The second kappa shape index (κ2) is 8.71. The van der Waals surface area contributed by atoms with Gasteiger partial charge >= 0.3 is 6.09 Å². The molecule has 2 aromatic rings. The lowest BCUT2D eigenvalue weighted by molar-refractivity contribution is 0.0496. The molecule has 0 spiro atoms. The maximum absolute atomic E-state index is 12.6. The molecule has 0 aliphatic heterocycles. The van der Waals surface area contributed by atoms with Gasteiger partial charge in [-0.15, -0.1) is 0 Å². The Morgan fingerprint density at radius 1 is 1.07 bits per heavy atom. The van der Waals surface area contributed by atoms with E-state index in [1.807, 2.05) is 43.3 Å². The number of hydrogen-bond acceptors (Lipinski definition) is 4. The zero-order valence-corrected chi connectivity index (χ0v) is 16.5. The first-order valence-electron chi connectivity index (χ1n) is 8.97. The molecule has 2 aromatic carbocycles. The molecule has 0 bridgehead atoms. The molecule has 1 atom stereocenters. The molecule has 5 nitrogen and oxygen atoms in total.